The van der Waals surface area contributed by atoms with Crippen molar-refractivity contribution in [3.05, 3.63) is 0 Å². The van der Waals surface area contributed by atoms with E-state index >= 15 is 0 Å². The van der Waals surface area contributed by atoms with E-state index in [-0.39, 0.29) is 6.03 Å². The lowest BCUT2D eigenvalue weighted by molar-refractivity contribution is -0.140. The van der Waals surface area contributed by atoms with Gasteiger partial charge in [-0.05, 0) is 25.5 Å². The molecular formula is C10H18N2O3S. The zero-order valence-corrected chi connectivity index (χ0v) is 10.4. The van der Waals surface area contributed by atoms with Crippen LogP contribution < -0.4 is 10.6 Å². The van der Waals surface area contributed by atoms with Crippen LogP contribution in [0.3, 0.4) is 0 Å². The first-order chi connectivity index (χ1) is 7.50. The van der Waals surface area contributed by atoms with Gasteiger partial charge < -0.3 is 15.7 Å². The molecule has 6 heteroatoms. The van der Waals surface area contributed by atoms with Gasteiger partial charge in [0.1, 0.15) is 5.54 Å². The molecule has 2 amide bonds. The summed E-state index contributed by atoms with van der Waals surface area (Å²) in [5.41, 5.74) is -0.991. The van der Waals surface area contributed by atoms with Crippen LogP contribution in [0.1, 0.15) is 26.2 Å². The topological polar surface area (TPSA) is 78.4 Å². The van der Waals surface area contributed by atoms with Crippen molar-refractivity contribution in [2.45, 2.75) is 37.0 Å². The van der Waals surface area contributed by atoms with Crippen LogP contribution in [0.2, 0.25) is 0 Å². The second kappa shape index (κ2) is 5.43. The van der Waals surface area contributed by atoms with E-state index in [1.165, 1.54) is 0 Å². The third kappa shape index (κ3) is 3.59. The van der Waals surface area contributed by atoms with Gasteiger partial charge in [-0.15, -0.1) is 0 Å². The Bertz CT molecular complexity index is 279. The number of aliphatic carboxylic acids is 1. The van der Waals surface area contributed by atoms with E-state index in [9.17, 15) is 9.59 Å². The SMILES string of the molecule is CSC(C)CCNC(=O)NC1(C(=O)O)CC1. The fourth-order valence-corrected chi connectivity index (χ4v) is 1.64. The molecule has 1 aliphatic rings. The number of hydrogen-bond acceptors (Lipinski definition) is 3. The number of rotatable bonds is 6. The molecule has 0 spiro atoms. The third-order valence-electron chi connectivity index (χ3n) is 2.75. The molecule has 0 aromatic heterocycles. The smallest absolute Gasteiger partial charge is 0.329 e. The first-order valence-electron chi connectivity index (χ1n) is 5.32. The van der Waals surface area contributed by atoms with Gasteiger partial charge in [-0.1, -0.05) is 6.92 Å². The second-order valence-electron chi connectivity index (χ2n) is 4.10. The summed E-state index contributed by atoms with van der Waals surface area (Å²) in [5.74, 6) is -0.944. The quantitative estimate of drug-likeness (QED) is 0.654. The van der Waals surface area contributed by atoms with Crippen molar-refractivity contribution in [3.63, 3.8) is 0 Å². The van der Waals surface area contributed by atoms with Gasteiger partial charge in [0.25, 0.3) is 0 Å². The fraction of sp³-hybridized carbons (Fsp3) is 0.800. The number of hydrogen-bond donors (Lipinski definition) is 3. The number of carbonyl (C=O) groups excluding carboxylic acids is 1. The lowest BCUT2D eigenvalue weighted by atomic mass is 10.3. The summed E-state index contributed by atoms with van der Waals surface area (Å²) in [7, 11) is 0. The zero-order valence-electron chi connectivity index (χ0n) is 9.58. The molecule has 0 aliphatic heterocycles. The average Bonchev–Trinajstić information content (AvgIpc) is 2.98. The van der Waals surface area contributed by atoms with Gasteiger partial charge in [0, 0.05) is 11.8 Å². The lowest BCUT2D eigenvalue weighted by Crippen LogP contribution is -2.48. The summed E-state index contributed by atoms with van der Waals surface area (Å²) in [6.45, 7) is 2.66. The minimum absolute atomic E-state index is 0.381. The van der Waals surface area contributed by atoms with Crippen LogP contribution in [0.25, 0.3) is 0 Å². The monoisotopic (exact) mass is 246 g/mol. The average molecular weight is 246 g/mol. The van der Waals surface area contributed by atoms with Gasteiger partial charge in [-0.2, -0.15) is 11.8 Å². The Morgan fingerprint density at radius 2 is 2.12 bits per heavy atom. The van der Waals surface area contributed by atoms with Gasteiger partial charge in [0.2, 0.25) is 0 Å². The molecule has 1 rings (SSSR count). The summed E-state index contributed by atoms with van der Waals surface area (Å²) in [6.07, 6.45) is 3.96. The molecule has 3 N–H and O–H groups in total. The maximum Gasteiger partial charge on any atom is 0.329 e. The lowest BCUT2D eigenvalue weighted by Gasteiger charge is -2.14. The van der Waals surface area contributed by atoms with Crippen LogP contribution in [0.15, 0.2) is 0 Å². The molecule has 0 aromatic rings. The van der Waals surface area contributed by atoms with E-state index in [1.807, 2.05) is 6.26 Å². The Kier molecular flexibility index (Phi) is 4.46. The highest BCUT2D eigenvalue weighted by molar-refractivity contribution is 7.99. The molecule has 1 unspecified atom stereocenters. The van der Waals surface area contributed by atoms with Crippen molar-refractivity contribution in [1.82, 2.24) is 10.6 Å². The largest absolute Gasteiger partial charge is 0.480 e. The van der Waals surface area contributed by atoms with Crippen LogP contribution >= 0.6 is 11.8 Å². The molecule has 1 atom stereocenters. The molecular weight excluding hydrogens is 228 g/mol. The highest BCUT2D eigenvalue weighted by atomic mass is 32.2. The van der Waals surface area contributed by atoms with Gasteiger partial charge in [-0.25, -0.2) is 9.59 Å². The summed E-state index contributed by atoms with van der Waals surface area (Å²) < 4.78 is 0. The molecule has 0 aromatic carbocycles. The van der Waals surface area contributed by atoms with E-state index in [0.717, 1.165) is 6.42 Å². The minimum Gasteiger partial charge on any atom is -0.480 e. The summed E-state index contributed by atoms with van der Waals surface area (Å²) in [5, 5.41) is 14.5. The second-order valence-corrected chi connectivity index (χ2v) is 5.38. The maximum atomic E-state index is 11.4. The van der Waals surface area contributed by atoms with Crippen molar-refractivity contribution >= 4 is 23.8 Å². The molecule has 1 aliphatic carbocycles. The Labute approximate surface area is 99.4 Å². The normalized spacial score (nSPS) is 18.6. The first kappa shape index (κ1) is 13.2. The van der Waals surface area contributed by atoms with Gasteiger partial charge >= 0.3 is 12.0 Å². The Balaban J connectivity index is 2.19. The fourth-order valence-electron chi connectivity index (χ4n) is 1.29. The number of carbonyl (C=O) groups is 2. The van der Waals surface area contributed by atoms with Crippen LogP contribution in [-0.4, -0.2) is 40.7 Å². The van der Waals surface area contributed by atoms with Gasteiger partial charge in [0.05, 0.1) is 0 Å². The van der Waals surface area contributed by atoms with Crippen molar-refractivity contribution in [3.8, 4) is 0 Å². The standard InChI is InChI=1S/C10H18N2O3S/c1-7(16-2)3-6-11-9(15)12-10(4-5-10)8(13)14/h7H,3-6H2,1-2H3,(H,13,14)(H2,11,12,15). The molecule has 1 fully saturated rings. The molecule has 5 nitrogen and oxygen atoms in total. The third-order valence-corrected chi connectivity index (χ3v) is 3.79. The molecule has 92 valence electrons. The van der Waals surface area contributed by atoms with Crippen molar-refractivity contribution in [2.24, 2.45) is 0 Å². The van der Waals surface area contributed by atoms with Crippen molar-refractivity contribution < 1.29 is 14.7 Å². The van der Waals surface area contributed by atoms with Crippen LogP contribution in [0.4, 0.5) is 4.79 Å². The zero-order chi connectivity index (χ0) is 12.2. The Morgan fingerprint density at radius 1 is 1.50 bits per heavy atom. The first-order valence-corrected chi connectivity index (χ1v) is 6.61. The number of carboxylic acid groups (broad SMARTS) is 1. The summed E-state index contributed by atoms with van der Waals surface area (Å²) >= 11 is 1.74. The number of amides is 2. The highest BCUT2D eigenvalue weighted by Crippen LogP contribution is 2.35. The van der Waals surface area contributed by atoms with Gasteiger partial charge in [0.15, 0.2) is 0 Å². The molecule has 0 saturated heterocycles. The number of urea groups is 1. The van der Waals surface area contributed by atoms with Gasteiger partial charge in [-0.3, -0.25) is 0 Å². The molecule has 1 saturated carbocycles. The minimum atomic E-state index is -0.991. The highest BCUT2D eigenvalue weighted by Gasteiger charge is 2.51. The number of carboxylic acids is 1. The number of nitrogens with one attached hydrogen (secondary N) is 2. The summed E-state index contributed by atoms with van der Waals surface area (Å²) in [6, 6.07) is -0.381. The molecule has 0 bridgehead atoms. The molecule has 0 heterocycles. The van der Waals surface area contributed by atoms with Crippen LogP contribution in [0, 0.1) is 0 Å². The Hall–Kier alpha value is -0.910. The predicted molar refractivity (Wildman–Crippen MR) is 63.7 cm³/mol. The molecule has 16 heavy (non-hydrogen) atoms. The maximum absolute atomic E-state index is 11.4. The predicted octanol–water partition coefficient (Wildman–Crippen LogP) is 1.04. The van der Waals surface area contributed by atoms with E-state index in [0.29, 0.717) is 24.6 Å². The van der Waals surface area contributed by atoms with Crippen LogP contribution in [-0.2, 0) is 4.79 Å². The summed E-state index contributed by atoms with van der Waals surface area (Å²) in [4.78, 5) is 22.2. The van der Waals surface area contributed by atoms with E-state index < -0.39 is 11.5 Å². The van der Waals surface area contributed by atoms with Crippen LogP contribution in [0.5, 0.6) is 0 Å². The van der Waals surface area contributed by atoms with Crippen molar-refractivity contribution in [1.29, 1.82) is 0 Å². The number of thioether (sulfide) groups is 1. The molecule has 0 radical (unpaired) electrons. The Morgan fingerprint density at radius 3 is 2.56 bits per heavy atom. The van der Waals surface area contributed by atoms with E-state index in [2.05, 4.69) is 17.6 Å². The van der Waals surface area contributed by atoms with Crippen molar-refractivity contribution in [2.75, 3.05) is 12.8 Å². The van der Waals surface area contributed by atoms with E-state index in [1.54, 1.807) is 11.8 Å². The van der Waals surface area contributed by atoms with E-state index in [4.69, 9.17) is 5.11 Å².